The van der Waals surface area contributed by atoms with Crippen molar-refractivity contribution in [3.05, 3.63) is 35.1 Å². The van der Waals surface area contributed by atoms with Gasteiger partial charge in [0.25, 0.3) is 0 Å². The summed E-state index contributed by atoms with van der Waals surface area (Å²) in [6.07, 6.45) is 6.35. The summed E-state index contributed by atoms with van der Waals surface area (Å²) in [5.41, 5.74) is 6.47. The number of hydrogen-bond donors (Lipinski definition) is 3. The van der Waals surface area contributed by atoms with Gasteiger partial charge in [0.05, 0.1) is 5.56 Å². The normalized spacial score (nSPS) is 18.7. The average molecular weight is 293 g/mol. The molecule has 0 saturated heterocycles. The fraction of sp³-hybridized carbons (Fsp3) is 0.562. The molecule has 0 atom stereocenters. The lowest BCUT2D eigenvalue weighted by Gasteiger charge is -2.33. The van der Waals surface area contributed by atoms with Crippen LogP contribution in [-0.4, -0.2) is 17.6 Å². The third-order valence-electron chi connectivity index (χ3n) is 4.39. The summed E-state index contributed by atoms with van der Waals surface area (Å²) in [5, 5.41) is 14.9. The maximum absolute atomic E-state index is 14.3. The first kappa shape index (κ1) is 15.8. The van der Waals surface area contributed by atoms with Gasteiger partial charge in [-0.25, -0.2) is 4.39 Å². The number of nitrogens with one attached hydrogen (secondary N) is 1. The molecule has 0 radical (unpaired) electrons. The van der Waals surface area contributed by atoms with E-state index in [0.29, 0.717) is 17.5 Å². The largest absolute Gasteiger partial charge is 0.409 e. The van der Waals surface area contributed by atoms with Crippen LogP contribution in [-0.2, 0) is 6.54 Å². The Bertz CT molecular complexity index is 510. The highest BCUT2D eigenvalue weighted by Crippen LogP contribution is 2.35. The molecule has 1 aromatic carbocycles. The van der Waals surface area contributed by atoms with Gasteiger partial charge in [0.15, 0.2) is 5.84 Å². The van der Waals surface area contributed by atoms with E-state index in [1.807, 2.05) is 0 Å². The summed E-state index contributed by atoms with van der Waals surface area (Å²) >= 11 is 0. The molecule has 4 nitrogen and oxygen atoms in total. The van der Waals surface area contributed by atoms with Crippen molar-refractivity contribution in [1.29, 1.82) is 0 Å². The Morgan fingerprint density at radius 3 is 2.76 bits per heavy atom. The second kappa shape index (κ2) is 6.89. The van der Waals surface area contributed by atoms with Gasteiger partial charge in [-0.15, -0.1) is 0 Å². The van der Waals surface area contributed by atoms with Gasteiger partial charge in [0.1, 0.15) is 5.82 Å². The Hall–Kier alpha value is -1.62. The van der Waals surface area contributed by atoms with E-state index in [-0.39, 0.29) is 11.4 Å². The van der Waals surface area contributed by atoms with Crippen molar-refractivity contribution in [1.82, 2.24) is 5.32 Å². The molecule has 116 valence electrons. The van der Waals surface area contributed by atoms with Gasteiger partial charge >= 0.3 is 0 Å². The average Bonchev–Trinajstić information content (AvgIpc) is 2.49. The van der Waals surface area contributed by atoms with Crippen LogP contribution in [0.1, 0.15) is 50.2 Å². The predicted molar refractivity (Wildman–Crippen MR) is 81.8 cm³/mol. The van der Waals surface area contributed by atoms with Crippen LogP contribution < -0.4 is 11.1 Å². The lowest BCUT2D eigenvalue weighted by Crippen LogP contribution is -2.33. The number of rotatable bonds is 5. The summed E-state index contributed by atoms with van der Waals surface area (Å²) in [6, 6.07) is 4.95. The van der Waals surface area contributed by atoms with Crippen LogP contribution in [0.2, 0.25) is 0 Å². The van der Waals surface area contributed by atoms with Crippen molar-refractivity contribution in [2.24, 2.45) is 16.3 Å². The van der Waals surface area contributed by atoms with Gasteiger partial charge in [0.2, 0.25) is 0 Å². The van der Waals surface area contributed by atoms with Gasteiger partial charge < -0.3 is 16.3 Å². The van der Waals surface area contributed by atoms with Crippen molar-refractivity contribution in [2.75, 3.05) is 6.54 Å². The Labute approximate surface area is 125 Å². The fourth-order valence-electron chi connectivity index (χ4n) is 3.05. The minimum Gasteiger partial charge on any atom is -0.409 e. The molecule has 0 spiro atoms. The van der Waals surface area contributed by atoms with E-state index in [9.17, 15) is 4.39 Å². The van der Waals surface area contributed by atoms with Crippen LogP contribution in [0.3, 0.4) is 0 Å². The SMILES string of the molecule is CC1(CNCc2cccc(/C(N)=N/O)c2F)CCCCC1. The molecule has 4 N–H and O–H groups in total. The molecule has 5 heteroatoms. The summed E-state index contributed by atoms with van der Waals surface area (Å²) in [5.74, 6) is -0.623. The van der Waals surface area contributed by atoms with Crippen LogP contribution in [0, 0.1) is 11.2 Å². The predicted octanol–water partition coefficient (Wildman–Crippen LogP) is 2.98. The molecule has 21 heavy (non-hydrogen) atoms. The number of amidine groups is 1. The molecule has 0 heterocycles. The van der Waals surface area contributed by atoms with E-state index >= 15 is 0 Å². The molecule has 0 aromatic heterocycles. The van der Waals surface area contributed by atoms with E-state index in [1.165, 1.54) is 38.2 Å². The third-order valence-corrected chi connectivity index (χ3v) is 4.39. The lowest BCUT2D eigenvalue weighted by molar-refractivity contribution is 0.207. The van der Waals surface area contributed by atoms with Gasteiger partial charge in [-0.2, -0.15) is 0 Å². The molecule has 0 unspecified atom stereocenters. The molecule has 0 aliphatic heterocycles. The number of oxime groups is 1. The van der Waals surface area contributed by atoms with Gasteiger partial charge in [-0.3, -0.25) is 0 Å². The van der Waals surface area contributed by atoms with E-state index < -0.39 is 5.82 Å². The van der Waals surface area contributed by atoms with Crippen molar-refractivity contribution in [2.45, 2.75) is 45.6 Å². The van der Waals surface area contributed by atoms with Crippen molar-refractivity contribution in [3.8, 4) is 0 Å². The molecule has 0 bridgehead atoms. The maximum Gasteiger partial charge on any atom is 0.173 e. The molecule has 0 amide bonds. The zero-order chi connectivity index (χ0) is 15.3. The first-order chi connectivity index (χ1) is 10.1. The Morgan fingerprint density at radius 2 is 2.10 bits per heavy atom. The van der Waals surface area contributed by atoms with Crippen LogP contribution >= 0.6 is 0 Å². The van der Waals surface area contributed by atoms with Crippen LogP contribution in [0.15, 0.2) is 23.4 Å². The Kier molecular flexibility index (Phi) is 5.17. The van der Waals surface area contributed by atoms with Crippen LogP contribution in [0.5, 0.6) is 0 Å². The summed E-state index contributed by atoms with van der Waals surface area (Å²) in [7, 11) is 0. The Balaban J connectivity index is 1.97. The highest BCUT2D eigenvalue weighted by Gasteiger charge is 2.26. The smallest absolute Gasteiger partial charge is 0.173 e. The monoisotopic (exact) mass is 293 g/mol. The minimum atomic E-state index is -0.422. The number of hydrogen-bond acceptors (Lipinski definition) is 3. The van der Waals surface area contributed by atoms with E-state index in [4.69, 9.17) is 10.9 Å². The first-order valence-electron chi connectivity index (χ1n) is 7.52. The van der Waals surface area contributed by atoms with Crippen molar-refractivity contribution in [3.63, 3.8) is 0 Å². The second-order valence-electron chi connectivity index (χ2n) is 6.24. The maximum atomic E-state index is 14.3. The van der Waals surface area contributed by atoms with Gasteiger partial charge in [0, 0.05) is 18.7 Å². The Morgan fingerprint density at radius 1 is 1.38 bits per heavy atom. The van der Waals surface area contributed by atoms with Crippen molar-refractivity contribution >= 4 is 5.84 Å². The number of benzene rings is 1. The van der Waals surface area contributed by atoms with Gasteiger partial charge in [-0.1, -0.05) is 43.5 Å². The molecule has 1 saturated carbocycles. The molecule has 1 aliphatic rings. The number of nitrogens with zero attached hydrogens (tertiary/aromatic N) is 1. The van der Waals surface area contributed by atoms with Crippen LogP contribution in [0.25, 0.3) is 0 Å². The van der Waals surface area contributed by atoms with E-state index in [2.05, 4.69) is 17.4 Å². The number of halogens is 1. The molecular weight excluding hydrogens is 269 g/mol. The zero-order valence-electron chi connectivity index (χ0n) is 12.5. The highest BCUT2D eigenvalue weighted by molar-refractivity contribution is 5.97. The minimum absolute atomic E-state index is 0.140. The molecule has 1 fully saturated rings. The second-order valence-corrected chi connectivity index (χ2v) is 6.24. The summed E-state index contributed by atoms with van der Waals surface area (Å²) in [6.45, 7) is 3.64. The zero-order valence-corrected chi connectivity index (χ0v) is 12.5. The summed E-state index contributed by atoms with van der Waals surface area (Å²) < 4.78 is 14.3. The standard InChI is InChI=1S/C16H24FN3O/c1-16(8-3-2-4-9-16)11-19-10-12-6-5-7-13(14(12)17)15(18)20-21/h5-7,19,21H,2-4,8-11H2,1H3,(H2,18,20). The molecular formula is C16H24FN3O. The molecule has 1 aliphatic carbocycles. The third kappa shape index (κ3) is 3.94. The highest BCUT2D eigenvalue weighted by atomic mass is 19.1. The molecule has 1 aromatic rings. The van der Waals surface area contributed by atoms with Gasteiger partial charge in [-0.05, 0) is 24.3 Å². The quantitative estimate of drug-likeness (QED) is 0.338. The number of nitrogens with two attached hydrogens (primary N) is 1. The van der Waals surface area contributed by atoms with E-state index in [0.717, 1.165) is 6.54 Å². The fourth-order valence-corrected chi connectivity index (χ4v) is 3.05. The van der Waals surface area contributed by atoms with E-state index in [1.54, 1.807) is 12.1 Å². The molecule has 2 rings (SSSR count). The first-order valence-corrected chi connectivity index (χ1v) is 7.52. The summed E-state index contributed by atoms with van der Waals surface area (Å²) in [4.78, 5) is 0. The topological polar surface area (TPSA) is 70.6 Å². The van der Waals surface area contributed by atoms with Crippen molar-refractivity contribution < 1.29 is 9.60 Å². The lowest BCUT2D eigenvalue weighted by atomic mass is 9.76. The van der Waals surface area contributed by atoms with Crippen LogP contribution in [0.4, 0.5) is 4.39 Å².